The van der Waals surface area contributed by atoms with E-state index in [9.17, 15) is 4.79 Å². The summed E-state index contributed by atoms with van der Waals surface area (Å²) >= 11 is 0. The van der Waals surface area contributed by atoms with Crippen molar-refractivity contribution in [3.63, 3.8) is 0 Å². The summed E-state index contributed by atoms with van der Waals surface area (Å²) < 4.78 is 6.88. The van der Waals surface area contributed by atoms with E-state index in [0.29, 0.717) is 0 Å². The van der Waals surface area contributed by atoms with Crippen molar-refractivity contribution in [3.05, 3.63) is 71.7 Å². The fraction of sp³-hybridized carbons (Fsp3) is 0.273. The van der Waals surface area contributed by atoms with Crippen LogP contribution in [0.4, 0.5) is 0 Å². The van der Waals surface area contributed by atoms with Crippen LogP contribution < -0.4 is 10.1 Å². The molecular weight excluding hydrogens is 380 g/mol. The molecule has 0 spiro atoms. The number of rotatable bonds is 5. The summed E-state index contributed by atoms with van der Waals surface area (Å²) in [5.41, 5.74) is 4.21. The number of carbonyl (C=O) groups excluding carboxylic acids is 1. The van der Waals surface area contributed by atoms with Gasteiger partial charge in [0.15, 0.2) is 6.04 Å². The van der Waals surface area contributed by atoms with Crippen LogP contribution in [0.1, 0.15) is 41.7 Å². The number of nitrogens with zero attached hydrogens (tertiary/aromatic N) is 4. The average Bonchev–Trinajstić information content (AvgIpc) is 3.43. The summed E-state index contributed by atoms with van der Waals surface area (Å²) in [6, 6.07) is 14.9. The number of fused-ring (bicyclic) bond motifs is 3. The second-order valence-electron chi connectivity index (χ2n) is 7.49. The minimum Gasteiger partial charge on any atom is -0.497 e. The van der Waals surface area contributed by atoms with Gasteiger partial charge >= 0.3 is 0 Å². The summed E-state index contributed by atoms with van der Waals surface area (Å²) in [6.45, 7) is 0. The first kappa shape index (κ1) is 18.4. The molecule has 5 rings (SSSR count). The van der Waals surface area contributed by atoms with E-state index in [1.807, 2.05) is 42.5 Å². The van der Waals surface area contributed by atoms with Crippen LogP contribution in [0.15, 0.2) is 54.9 Å². The van der Waals surface area contributed by atoms with Crippen LogP contribution in [0.3, 0.4) is 0 Å². The molecule has 0 saturated carbocycles. The SMILES string of the molecule is COc1ccc2[nH]c3c(c2c1)CCCC3NC(=O)[C@H](c1ccccc1)n1cnnn1. The van der Waals surface area contributed by atoms with Gasteiger partial charge in [-0.05, 0) is 59.0 Å². The van der Waals surface area contributed by atoms with Crippen LogP contribution in [0, 0.1) is 0 Å². The molecule has 0 saturated heterocycles. The minimum absolute atomic E-state index is 0.0951. The lowest BCUT2D eigenvalue weighted by molar-refractivity contribution is -0.124. The van der Waals surface area contributed by atoms with Crippen LogP contribution in [-0.2, 0) is 11.2 Å². The van der Waals surface area contributed by atoms with Gasteiger partial charge in [0.05, 0.1) is 13.2 Å². The van der Waals surface area contributed by atoms with E-state index in [2.05, 4.69) is 31.9 Å². The number of H-pyrrole nitrogens is 1. The maximum absolute atomic E-state index is 13.4. The number of benzene rings is 2. The van der Waals surface area contributed by atoms with E-state index in [1.165, 1.54) is 16.6 Å². The molecule has 8 heteroatoms. The van der Waals surface area contributed by atoms with E-state index >= 15 is 0 Å². The lowest BCUT2D eigenvalue weighted by Gasteiger charge is -2.26. The molecule has 0 radical (unpaired) electrons. The monoisotopic (exact) mass is 402 g/mol. The zero-order valence-corrected chi connectivity index (χ0v) is 16.6. The standard InChI is InChI=1S/C22H22N6O2/c1-30-15-10-11-18-17(12-15)16-8-5-9-19(20(16)24-18)25-22(29)21(28-13-23-26-27-28)14-6-3-2-4-7-14/h2-4,6-7,10-13,19,21,24H,5,8-9H2,1H3,(H,25,29)/t19?,21-/m0/s1. The highest BCUT2D eigenvalue weighted by Gasteiger charge is 2.30. The Morgan fingerprint density at radius 3 is 2.90 bits per heavy atom. The molecule has 2 aromatic heterocycles. The van der Waals surface area contributed by atoms with E-state index in [-0.39, 0.29) is 11.9 Å². The fourth-order valence-electron chi connectivity index (χ4n) is 4.31. The number of ether oxygens (including phenoxy) is 1. The molecule has 2 heterocycles. The first-order valence-electron chi connectivity index (χ1n) is 10.0. The molecule has 1 unspecified atom stereocenters. The predicted octanol–water partition coefficient (Wildman–Crippen LogP) is 2.95. The number of hydrogen-bond donors (Lipinski definition) is 2. The minimum atomic E-state index is -0.629. The van der Waals surface area contributed by atoms with Gasteiger partial charge in [0.25, 0.3) is 0 Å². The molecule has 0 fully saturated rings. The molecule has 30 heavy (non-hydrogen) atoms. The summed E-state index contributed by atoms with van der Waals surface area (Å²) in [6.07, 6.45) is 4.32. The van der Waals surface area contributed by atoms with Gasteiger partial charge in [-0.15, -0.1) is 5.10 Å². The Bertz CT molecular complexity index is 1170. The lowest BCUT2D eigenvalue weighted by atomic mass is 9.91. The normalized spacial score (nSPS) is 16.8. The molecule has 2 aromatic carbocycles. The second-order valence-corrected chi connectivity index (χ2v) is 7.49. The van der Waals surface area contributed by atoms with Gasteiger partial charge < -0.3 is 15.0 Å². The van der Waals surface area contributed by atoms with Gasteiger partial charge in [0.1, 0.15) is 12.1 Å². The van der Waals surface area contributed by atoms with Gasteiger partial charge in [-0.3, -0.25) is 4.79 Å². The Morgan fingerprint density at radius 2 is 2.13 bits per heavy atom. The smallest absolute Gasteiger partial charge is 0.250 e. The lowest BCUT2D eigenvalue weighted by Crippen LogP contribution is -2.37. The molecule has 1 aliphatic carbocycles. The molecule has 2 atom stereocenters. The maximum Gasteiger partial charge on any atom is 0.250 e. The van der Waals surface area contributed by atoms with Gasteiger partial charge in [0.2, 0.25) is 5.91 Å². The second kappa shape index (κ2) is 7.62. The predicted molar refractivity (Wildman–Crippen MR) is 111 cm³/mol. The van der Waals surface area contributed by atoms with Crippen LogP contribution in [-0.4, -0.2) is 38.2 Å². The third kappa shape index (κ3) is 3.20. The third-order valence-electron chi connectivity index (χ3n) is 5.72. The molecule has 2 N–H and O–H groups in total. The van der Waals surface area contributed by atoms with Crippen LogP contribution in [0.25, 0.3) is 10.9 Å². The van der Waals surface area contributed by atoms with Gasteiger partial charge in [-0.2, -0.15) is 0 Å². The maximum atomic E-state index is 13.4. The number of nitrogens with one attached hydrogen (secondary N) is 2. The number of carbonyl (C=O) groups is 1. The van der Waals surface area contributed by atoms with Crippen LogP contribution in [0.2, 0.25) is 0 Å². The van der Waals surface area contributed by atoms with Crippen molar-refractivity contribution in [2.75, 3.05) is 7.11 Å². The quantitative estimate of drug-likeness (QED) is 0.535. The highest BCUT2D eigenvalue weighted by Crippen LogP contribution is 2.36. The van der Waals surface area contributed by atoms with Crippen molar-refractivity contribution >= 4 is 16.8 Å². The van der Waals surface area contributed by atoms with Gasteiger partial charge in [-0.25, -0.2) is 4.68 Å². The molecule has 0 aliphatic heterocycles. The van der Waals surface area contributed by atoms with Gasteiger partial charge in [-0.1, -0.05) is 30.3 Å². The largest absolute Gasteiger partial charge is 0.497 e. The van der Waals surface area contributed by atoms with Crippen molar-refractivity contribution in [3.8, 4) is 5.75 Å². The zero-order valence-electron chi connectivity index (χ0n) is 16.6. The molecule has 1 amide bonds. The molecule has 4 aromatic rings. The fourth-order valence-corrected chi connectivity index (χ4v) is 4.31. The van der Waals surface area contributed by atoms with Crippen molar-refractivity contribution in [2.24, 2.45) is 0 Å². The first-order valence-corrected chi connectivity index (χ1v) is 10.0. The van der Waals surface area contributed by atoms with Crippen molar-refractivity contribution in [1.82, 2.24) is 30.5 Å². The van der Waals surface area contributed by atoms with Crippen molar-refractivity contribution in [2.45, 2.75) is 31.3 Å². The number of aromatic nitrogens is 5. The molecule has 1 aliphatic rings. The number of methoxy groups -OCH3 is 1. The topological polar surface area (TPSA) is 97.7 Å². The number of tetrazole rings is 1. The zero-order chi connectivity index (χ0) is 20.5. The molecular formula is C22H22N6O2. The molecule has 8 nitrogen and oxygen atoms in total. The summed E-state index contributed by atoms with van der Waals surface area (Å²) in [4.78, 5) is 16.9. The summed E-state index contributed by atoms with van der Waals surface area (Å²) in [5.74, 6) is 0.695. The highest BCUT2D eigenvalue weighted by atomic mass is 16.5. The number of amides is 1. The average molecular weight is 402 g/mol. The Hall–Kier alpha value is -3.68. The van der Waals surface area contributed by atoms with Crippen LogP contribution in [0.5, 0.6) is 5.75 Å². The van der Waals surface area contributed by atoms with Gasteiger partial charge in [0, 0.05) is 16.6 Å². The summed E-state index contributed by atoms with van der Waals surface area (Å²) in [5, 5.41) is 15.8. The number of hydrogen-bond acceptors (Lipinski definition) is 5. The molecule has 0 bridgehead atoms. The third-order valence-corrected chi connectivity index (χ3v) is 5.72. The van der Waals surface area contributed by atoms with E-state index in [0.717, 1.165) is 47.2 Å². The van der Waals surface area contributed by atoms with Crippen LogP contribution >= 0.6 is 0 Å². The number of aryl methyl sites for hydroxylation is 1. The Kier molecular flexibility index (Phi) is 4.66. The highest BCUT2D eigenvalue weighted by molar-refractivity contribution is 5.88. The van der Waals surface area contributed by atoms with E-state index < -0.39 is 6.04 Å². The number of aromatic amines is 1. The van der Waals surface area contributed by atoms with E-state index in [4.69, 9.17) is 4.74 Å². The Morgan fingerprint density at radius 1 is 1.27 bits per heavy atom. The Labute approximate surface area is 173 Å². The molecule has 152 valence electrons. The first-order chi connectivity index (χ1) is 14.7. The van der Waals surface area contributed by atoms with E-state index in [1.54, 1.807) is 7.11 Å². The Balaban J connectivity index is 1.48. The van der Waals surface area contributed by atoms with Crippen molar-refractivity contribution < 1.29 is 9.53 Å². The summed E-state index contributed by atoms with van der Waals surface area (Å²) in [7, 11) is 1.67. The van der Waals surface area contributed by atoms with Crippen molar-refractivity contribution in [1.29, 1.82) is 0 Å².